The van der Waals surface area contributed by atoms with E-state index in [4.69, 9.17) is 4.74 Å². The standard InChI is InChI=1S/C17H33NO/c1-16(2,3)15(18-4)9-7-8-14-10-13-17(19-14)11-5-6-12-17/h14-15,18H,5-13H2,1-4H3. The molecule has 1 N–H and O–H groups in total. The van der Waals surface area contributed by atoms with Gasteiger partial charge in [-0.15, -0.1) is 0 Å². The number of hydrogen-bond acceptors (Lipinski definition) is 2. The van der Waals surface area contributed by atoms with Crippen LogP contribution < -0.4 is 5.32 Å². The third-order valence-corrected chi connectivity index (χ3v) is 5.27. The highest BCUT2D eigenvalue weighted by Gasteiger charge is 2.41. The molecule has 2 unspecified atom stereocenters. The van der Waals surface area contributed by atoms with E-state index in [-0.39, 0.29) is 0 Å². The summed E-state index contributed by atoms with van der Waals surface area (Å²) in [4.78, 5) is 0. The Kier molecular flexibility index (Phi) is 4.94. The molecule has 1 aliphatic heterocycles. The molecule has 2 nitrogen and oxygen atoms in total. The molecule has 2 aliphatic rings. The topological polar surface area (TPSA) is 21.3 Å². The van der Waals surface area contributed by atoms with Gasteiger partial charge in [-0.2, -0.15) is 0 Å². The van der Waals surface area contributed by atoms with Crippen LogP contribution in [0.25, 0.3) is 0 Å². The van der Waals surface area contributed by atoms with Crippen molar-refractivity contribution in [3.63, 3.8) is 0 Å². The lowest BCUT2D eigenvalue weighted by molar-refractivity contribution is -0.0399. The molecule has 1 heterocycles. The first-order valence-corrected chi connectivity index (χ1v) is 8.30. The molecule has 0 aromatic carbocycles. The number of ether oxygens (including phenoxy) is 1. The van der Waals surface area contributed by atoms with Crippen molar-refractivity contribution < 1.29 is 4.74 Å². The monoisotopic (exact) mass is 267 g/mol. The van der Waals surface area contributed by atoms with E-state index >= 15 is 0 Å². The molecule has 2 atom stereocenters. The second-order valence-electron chi connectivity index (χ2n) is 7.81. The SMILES string of the molecule is CNC(CCCC1CCC2(CCCC2)O1)C(C)(C)C. The van der Waals surface area contributed by atoms with Crippen molar-refractivity contribution in [3.05, 3.63) is 0 Å². The molecule has 1 aliphatic carbocycles. The van der Waals surface area contributed by atoms with Crippen LogP contribution in [-0.2, 0) is 4.74 Å². The highest BCUT2D eigenvalue weighted by Crippen LogP contribution is 2.44. The molecule has 19 heavy (non-hydrogen) atoms. The Morgan fingerprint density at radius 2 is 1.89 bits per heavy atom. The summed E-state index contributed by atoms with van der Waals surface area (Å²) in [5.74, 6) is 0. The van der Waals surface area contributed by atoms with Crippen molar-refractivity contribution >= 4 is 0 Å². The number of nitrogens with one attached hydrogen (secondary N) is 1. The van der Waals surface area contributed by atoms with Crippen molar-refractivity contribution in [1.29, 1.82) is 0 Å². The summed E-state index contributed by atoms with van der Waals surface area (Å²) in [6.07, 6.45) is 12.4. The Hall–Kier alpha value is -0.0800. The Bertz CT molecular complexity index is 275. The van der Waals surface area contributed by atoms with Crippen LogP contribution in [0.15, 0.2) is 0 Å². The van der Waals surface area contributed by atoms with Gasteiger partial charge in [-0.3, -0.25) is 0 Å². The predicted octanol–water partition coefficient (Wildman–Crippen LogP) is 4.28. The van der Waals surface area contributed by atoms with E-state index in [1.807, 2.05) is 0 Å². The van der Waals surface area contributed by atoms with Crippen LogP contribution in [-0.4, -0.2) is 24.8 Å². The molecule has 0 aromatic heterocycles. The van der Waals surface area contributed by atoms with E-state index in [2.05, 4.69) is 33.1 Å². The van der Waals surface area contributed by atoms with Gasteiger partial charge < -0.3 is 10.1 Å². The second-order valence-corrected chi connectivity index (χ2v) is 7.81. The molecule has 0 amide bonds. The number of hydrogen-bond donors (Lipinski definition) is 1. The third kappa shape index (κ3) is 3.95. The average Bonchev–Trinajstić information content (AvgIpc) is 2.94. The lowest BCUT2D eigenvalue weighted by Gasteiger charge is -2.31. The van der Waals surface area contributed by atoms with E-state index in [0.29, 0.717) is 23.2 Å². The van der Waals surface area contributed by atoms with Crippen LogP contribution >= 0.6 is 0 Å². The smallest absolute Gasteiger partial charge is 0.0687 e. The molecule has 1 saturated heterocycles. The summed E-state index contributed by atoms with van der Waals surface area (Å²) < 4.78 is 6.39. The van der Waals surface area contributed by atoms with Gasteiger partial charge in [0.05, 0.1) is 11.7 Å². The Morgan fingerprint density at radius 3 is 2.47 bits per heavy atom. The quantitative estimate of drug-likeness (QED) is 0.802. The molecular weight excluding hydrogens is 234 g/mol. The largest absolute Gasteiger partial charge is 0.372 e. The molecule has 0 radical (unpaired) electrons. The fraction of sp³-hybridized carbons (Fsp3) is 1.00. The first kappa shape index (κ1) is 15.3. The van der Waals surface area contributed by atoms with Crippen molar-refractivity contribution in [1.82, 2.24) is 5.32 Å². The minimum absolute atomic E-state index is 0.317. The van der Waals surface area contributed by atoms with Crippen LogP contribution in [0.5, 0.6) is 0 Å². The van der Waals surface area contributed by atoms with Gasteiger partial charge in [-0.25, -0.2) is 0 Å². The Labute approximate surface area is 119 Å². The lowest BCUT2D eigenvalue weighted by atomic mass is 9.83. The lowest BCUT2D eigenvalue weighted by Crippen LogP contribution is -2.38. The maximum atomic E-state index is 6.39. The van der Waals surface area contributed by atoms with Gasteiger partial charge in [0.1, 0.15) is 0 Å². The van der Waals surface area contributed by atoms with Crippen LogP contribution in [0.3, 0.4) is 0 Å². The molecular formula is C17H33NO. The number of rotatable bonds is 5. The first-order valence-electron chi connectivity index (χ1n) is 8.30. The van der Waals surface area contributed by atoms with Crippen LogP contribution in [0.1, 0.15) is 78.6 Å². The van der Waals surface area contributed by atoms with Gasteiger partial charge in [-0.05, 0) is 57.4 Å². The maximum Gasteiger partial charge on any atom is 0.0687 e. The van der Waals surface area contributed by atoms with Gasteiger partial charge in [0.25, 0.3) is 0 Å². The predicted molar refractivity (Wildman–Crippen MR) is 81.5 cm³/mol. The maximum absolute atomic E-state index is 6.39. The molecule has 0 bridgehead atoms. The summed E-state index contributed by atoms with van der Waals surface area (Å²) in [6, 6.07) is 0.620. The molecule has 112 valence electrons. The van der Waals surface area contributed by atoms with Crippen LogP contribution in [0.2, 0.25) is 0 Å². The van der Waals surface area contributed by atoms with Crippen LogP contribution in [0.4, 0.5) is 0 Å². The van der Waals surface area contributed by atoms with Crippen molar-refractivity contribution in [3.8, 4) is 0 Å². The normalized spacial score (nSPS) is 28.1. The minimum atomic E-state index is 0.317. The summed E-state index contributed by atoms with van der Waals surface area (Å²) in [5, 5.41) is 3.48. The van der Waals surface area contributed by atoms with E-state index in [0.717, 1.165) is 0 Å². The first-order chi connectivity index (χ1) is 8.95. The van der Waals surface area contributed by atoms with Gasteiger partial charge in [0.2, 0.25) is 0 Å². The van der Waals surface area contributed by atoms with Crippen molar-refractivity contribution in [2.24, 2.45) is 5.41 Å². The van der Waals surface area contributed by atoms with Gasteiger partial charge in [0, 0.05) is 6.04 Å². The Morgan fingerprint density at radius 1 is 1.21 bits per heavy atom. The van der Waals surface area contributed by atoms with Gasteiger partial charge in [-0.1, -0.05) is 33.6 Å². The fourth-order valence-electron chi connectivity index (χ4n) is 4.05. The van der Waals surface area contributed by atoms with E-state index in [1.54, 1.807) is 0 Å². The molecule has 2 heteroatoms. The minimum Gasteiger partial charge on any atom is -0.372 e. The van der Waals surface area contributed by atoms with Crippen molar-refractivity contribution in [2.45, 2.75) is 96.3 Å². The highest BCUT2D eigenvalue weighted by atomic mass is 16.5. The zero-order chi connectivity index (χ0) is 13.9. The average molecular weight is 267 g/mol. The van der Waals surface area contributed by atoms with Crippen LogP contribution in [0, 0.1) is 5.41 Å². The van der Waals surface area contributed by atoms with E-state index < -0.39 is 0 Å². The van der Waals surface area contributed by atoms with Gasteiger partial charge in [0.15, 0.2) is 0 Å². The molecule has 1 spiro atoms. The zero-order valence-electron chi connectivity index (χ0n) is 13.4. The molecule has 0 aromatic rings. The molecule has 1 saturated carbocycles. The second kappa shape index (κ2) is 6.13. The summed E-state index contributed by atoms with van der Waals surface area (Å²) >= 11 is 0. The third-order valence-electron chi connectivity index (χ3n) is 5.27. The highest BCUT2D eigenvalue weighted by molar-refractivity contribution is 4.92. The molecule has 2 rings (SSSR count). The fourth-order valence-corrected chi connectivity index (χ4v) is 4.05. The van der Waals surface area contributed by atoms with E-state index in [9.17, 15) is 0 Å². The summed E-state index contributed by atoms with van der Waals surface area (Å²) in [7, 11) is 2.09. The van der Waals surface area contributed by atoms with E-state index in [1.165, 1.54) is 57.8 Å². The Balaban J connectivity index is 1.69. The summed E-state index contributed by atoms with van der Waals surface area (Å²) in [6.45, 7) is 6.98. The molecule has 2 fully saturated rings. The zero-order valence-corrected chi connectivity index (χ0v) is 13.4. The summed E-state index contributed by atoms with van der Waals surface area (Å²) in [5.41, 5.74) is 0.676. The van der Waals surface area contributed by atoms with Crippen molar-refractivity contribution in [2.75, 3.05) is 7.05 Å². The van der Waals surface area contributed by atoms with Gasteiger partial charge >= 0.3 is 0 Å².